The van der Waals surface area contributed by atoms with E-state index in [-0.39, 0.29) is 31.3 Å². The quantitative estimate of drug-likeness (QED) is 0.479. The monoisotopic (exact) mass is 272 g/mol. The number of carbonyl (C=O) groups is 3. The summed E-state index contributed by atoms with van der Waals surface area (Å²) in [6, 6.07) is 0. The fourth-order valence-electron chi connectivity index (χ4n) is 1.55. The van der Waals surface area contributed by atoms with Crippen LogP contribution in [0.3, 0.4) is 0 Å². The number of aliphatic hydroxyl groups is 1. The summed E-state index contributed by atoms with van der Waals surface area (Å²) in [6.45, 7) is 2.94. The van der Waals surface area contributed by atoms with Crippen molar-refractivity contribution in [3.05, 3.63) is 0 Å². The van der Waals surface area contributed by atoms with Crippen LogP contribution in [0.15, 0.2) is 0 Å². The van der Waals surface area contributed by atoms with Gasteiger partial charge in [-0.05, 0) is 19.3 Å². The zero-order valence-electron chi connectivity index (χ0n) is 11.1. The van der Waals surface area contributed by atoms with E-state index < -0.39 is 17.5 Å². The van der Waals surface area contributed by atoms with Crippen molar-refractivity contribution in [3.63, 3.8) is 0 Å². The highest BCUT2D eigenvalue weighted by atomic mass is 16.4. The van der Waals surface area contributed by atoms with Crippen LogP contribution in [0.1, 0.15) is 26.7 Å². The number of amides is 2. The first-order valence-corrected chi connectivity index (χ1v) is 6.24. The molecular formula is C12H20N2O5. The van der Waals surface area contributed by atoms with Crippen molar-refractivity contribution in [1.29, 1.82) is 0 Å². The van der Waals surface area contributed by atoms with Gasteiger partial charge in [0.25, 0.3) is 0 Å². The third kappa shape index (κ3) is 4.86. The normalized spacial score (nSPS) is 24.2. The Morgan fingerprint density at radius 2 is 1.89 bits per heavy atom. The largest absolute Gasteiger partial charge is 0.479 e. The first-order valence-electron chi connectivity index (χ1n) is 6.24. The lowest BCUT2D eigenvalue weighted by Crippen LogP contribution is -2.47. The smallest absolute Gasteiger partial charge is 0.337 e. The predicted octanol–water partition coefficient (Wildman–Crippen LogP) is -0.899. The summed E-state index contributed by atoms with van der Waals surface area (Å²) in [5.41, 5.74) is -1.98. The molecule has 0 aliphatic heterocycles. The molecule has 3 atom stereocenters. The highest BCUT2D eigenvalue weighted by molar-refractivity contribution is 5.83. The molecule has 0 heterocycles. The highest BCUT2D eigenvalue weighted by Crippen LogP contribution is 2.37. The summed E-state index contributed by atoms with van der Waals surface area (Å²) >= 11 is 0. The zero-order chi connectivity index (χ0) is 14.6. The van der Waals surface area contributed by atoms with Gasteiger partial charge in [-0.15, -0.1) is 0 Å². The van der Waals surface area contributed by atoms with Gasteiger partial charge in [-0.2, -0.15) is 0 Å². The van der Waals surface area contributed by atoms with E-state index in [1.54, 1.807) is 0 Å². The Bertz CT molecular complexity index is 380. The standard InChI is InChI=1S/C12H20N2O5/c1-7-5-8(7)10(16)13-4-3-9(15)14-6-12(2,19)11(17)18/h7-8,19H,3-6H2,1-2H3,(H,13,16)(H,14,15)(H,17,18). The van der Waals surface area contributed by atoms with Gasteiger partial charge in [-0.3, -0.25) is 9.59 Å². The van der Waals surface area contributed by atoms with E-state index in [1.165, 1.54) is 0 Å². The van der Waals surface area contributed by atoms with Gasteiger partial charge in [0, 0.05) is 18.9 Å². The minimum atomic E-state index is -1.98. The molecule has 0 saturated heterocycles. The Kier molecular flexibility index (Phi) is 4.88. The van der Waals surface area contributed by atoms with Gasteiger partial charge in [0.05, 0.1) is 6.54 Å². The molecule has 2 amide bonds. The van der Waals surface area contributed by atoms with E-state index in [0.29, 0.717) is 5.92 Å². The number of hydrogen-bond acceptors (Lipinski definition) is 4. The Labute approximate surface area is 111 Å². The molecule has 7 nitrogen and oxygen atoms in total. The zero-order valence-corrected chi connectivity index (χ0v) is 11.1. The summed E-state index contributed by atoms with van der Waals surface area (Å²) in [4.78, 5) is 33.4. The minimum absolute atomic E-state index is 0.0437. The van der Waals surface area contributed by atoms with Gasteiger partial charge in [-0.1, -0.05) is 6.92 Å². The molecule has 1 aliphatic rings. The number of hydrogen-bond donors (Lipinski definition) is 4. The average molecular weight is 272 g/mol. The van der Waals surface area contributed by atoms with Crippen LogP contribution in [0, 0.1) is 11.8 Å². The molecule has 1 rings (SSSR count). The first-order chi connectivity index (χ1) is 8.74. The van der Waals surface area contributed by atoms with Crippen molar-refractivity contribution in [1.82, 2.24) is 10.6 Å². The molecule has 1 fully saturated rings. The van der Waals surface area contributed by atoms with Crippen LogP contribution < -0.4 is 10.6 Å². The Balaban J connectivity index is 2.14. The Hall–Kier alpha value is -1.63. The molecule has 0 aromatic heterocycles. The van der Waals surface area contributed by atoms with Crippen molar-refractivity contribution < 1.29 is 24.6 Å². The van der Waals surface area contributed by atoms with Crippen LogP contribution in [0.2, 0.25) is 0 Å². The SMILES string of the molecule is CC1CC1C(=O)NCCC(=O)NCC(C)(O)C(=O)O. The molecule has 0 aromatic rings. The van der Waals surface area contributed by atoms with Crippen molar-refractivity contribution >= 4 is 17.8 Å². The number of rotatable bonds is 7. The van der Waals surface area contributed by atoms with Crippen molar-refractivity contribution in [2.24, 2.45) is 11.8 Å². The van der Waals surface area contributed by atoms with Crippen molar-refractivity contribution in [2.45, 2.75) is 32.3 Å². The molecule has 1 aliphatic carbocycles. The maximum Gasteiger partial charge on any atom is 0.337 e. The molecule has 0 spiro atoms. The van der Waals surface area contributed by atoms with E-state index in [2.05, 4.69) is 10.6 Å². The van der Waals surface area contributed by atoms with Gasteiger partial charge in [0.1, 0.15) is 0 Å². The molecule has 3 unspecified atom stereocenters. The molecule has 108 valence electrons. The number of nitrogens with one attached hydrogen (secondary N) is 2. The van der Waals surface area contributed by atoms with Gasteiger partial charge in [-0.25, -0.2) is 4.79 Å². The third-order valence-electron chi connectivity index (χ3n) is 3.19. The lowest BCUT2D eigenvalue weighted by Gasteiger charge is -2.18. The Morgan fingerprint density at radius 1 is 1.32 bits per heavy atom. The Morgan fingerprint density at radius 3 is 2.37 bits per heavy atom. The van der Waals surface area contributed by atoms with Gasteiger partial charge >= 0.3 is 5.97 Å². The van der Waals surface area contributed by atoms with Gasteiger partial charge in [0.15, 0.2) is 5.60 Å². The number of aliphatic carboxylic acids is 1. The fraction of sp³-hybridized carbons (Fsp3) is 0.750. The van der Waals surface area contributed by atoms with E-state index in [4.69, 9.17) is 5.11 Å². The predicted molar refractivity (Wildman–Crippen MR) is 66.2 cm³/mol. The fourth-order valence-corrected chi connectivity index (χ4v) is 1.55. The summed E-state index contributed by atoms with van der Waals surface area (Å²) in [5, 5.41) is 23.0. The number of carbonyl (C=O) groups excluding carboxylic acids is 2. The second kappa shape index (κ2) is 6.01. The second-order valence-electron chi connectivity index (χ2n) is 5.22. The van der Waals surface area contributed by atoms with Crippen LogP contribution in [0.4, 0.5) is 0 Å². The van der Waals surface area contributed by atoms with Gasteiger partial charge < -0.3 is 20.8 Å². The van der Waals surface area contributed by atoms with E-state index in [1.807, 2.05) is 6.92 Å². The van der Waals surface area contributed by atoms with Crippen LogP contribution >= 0.6 is 0 Å². The lowest BCUT2D eigenvalue weighted by molar-refractivity contribution is -0.156. The molecule has 1 saturated carbocycles. The van der Waals surface area contributed by atoms with Gasteiger partial charge in [0.2, 0.25) is 11.8 Å². The maximum atomic E-state index is 11.4. The third-order valence-corrected chi connectivity index (χ3v) is 3.19. The maximum absolute atomic E-state index is 11.4. The molecule has 7 heteroatoms. The summed E-state index contributed by atoms with van der Waals surface area (Å²) in [7, 11) is 0. The molecule has 19 heavy (non-hydrogen) atoms. The van der Waals surface area contributed by atoms with Crippen LogP contribution in [0.25, 0.3) is 0 Å². The minimum Gasteiger partial charge on any atom is -0.479 e. The topological polar surface area (TPSA) is 116 Å². The van der Waals surface area contributed by atoms with Crippen molar-refractivity contribution in [3.8, 4) is 0 Å². The second-order valence-corrected chi connectivity index (χ2v) is 5.22. The number of carboxylic acids is 1. The molecule has 0 bridgehead atoms. The number of carboxylic acid groups (broad SMARTS) is 1. The molecule has 4 N–H and O–H groups in total. The van der Waals surface area contributed by atoms with Crippen LogP contribution in [0.5, 0.6) is 0 Å². The van der Waals surface area contributed by atoms with E-state index >= 15 is 0 Å². The summed E-state index contributed by atoms with van der Waals surface area (Å²) < 4.78 is 0. The summed E-state index contributed by atoms with van der Waals surface area (Å²) in [5.74, 6) is -1.37. The lowest BCUT2D eigenvalue weighted by atomic mass is 10.1. The van der Waals surface area contributed by atoms with Crippen LogP contribution in [-0.2, 0) is 14.4 Å². The highest BCUT2D eigenvalue weighted by Gasteiger charge is 2.38. The van der Waals surface area contributed by atoms with E-state index in [9.17, 15) is 19.5 Å². The molecular weight excluding hydrogens is 252 g/mol. The van der Waals surface area contributed by atoms with E-state index in [0.717, 1.165) is 13.3 Å². The average Bonchev–Trinajstić information content (AvgIpc) is 3.03. The van der Waals surface area contributed by atoms with Crippen LogP contribution in [-0.4, -0.2) is 46.7 Å². The summed E-state index contributed by atoms with van der Waals surface area (Å²) in [6.07, 6.45) is 0.946. The first kappa shape index (κ1) is 15.4. The molecule has 0 aromatic carbocycles. The van der Waals surface area contributed by atoms with Crippen molar-refractivity contribution in [2.75, 3.05) is 13.1 Å². The molecule has 0 radical (unpaired) electrons.